The lowest BCUT2D eigenvalue weighted by molar-refractivity contribution is -0.132. The largest absolute Gasteiger partial charge is 0.508 e. The Kier molecular flexibility index (Phi) is 5.07. The standard InChI is InChI=1S/C20H21ClN2O4/c21-20-13(5-4-6-22-20)14(10-19(25)23-7-2-1-3-8-23)15-9-17-18(11-16(15)24)27-12-26-17/h4-6,9,11,14,24H,1-3,7-8,10,12H2. The topological polar surface area (TPSA) is 71.9 Å². The van der Waals surface area contributed by atoms with Gasteiger partial charge in [-0.3, -0.25) is 4.79 Å². The van der Waals surface area contributed by atoms with Crippen LogP contribution in [0.25, 0.3) is 0 Å². The molecule has 1 N–H and O–H groups in total. The number of rotatable bonds is 4. The van der Waals surface area contributed by atoms with Crippen LogP contribution in [-0.4, -0.2) is 40.8 Å². The van der Waals surface area contributed by atoms with Gasteiger partial charge in [-0.2, -0.15) is 0 Å². The maximum absolute atomic E-state index is 12.9. The molecular formula is C20H21ClN2O4. The van der Waals surface area contributed by atoms with Gasteiger partial charge in [-0.05, 0) is 37.0 Å². The summed E-state index contributed by atoms with van der Waals surface area (Å²) in [4.78, 5) is 19.0. The van der Waals surface area contributed by atoms with Gasteiger partial charge in [0.1, 0.15) is 10.9 Å². The number of phenolic OH excluding ortho intramolecular Hbond substituents is 1. The number of halogens is 1. The summed E-state index contributed by atoms with van der Waals surface area (Å²) >= 11 is 6.33. The van der Waals surface area contributed by atoms with E-state index in [2.05, 4.69) is 4.98 Å². The minimum atomic E-state index is -0.421. The van der Waals surface area contributed by atoms with Crippen molar-refractivity contribution in [3.8, 4) is 17.2 Å². The first-order chi connectivity index (χ1) is 13.1. The zero-order valence-corrected chi connectivity index (χ0v) is 15.6. The number of carbonyl (C=O) groups is 1. The third-order valence-electron chi connectivity index (χ3n) is 5.15. The molecule has 6 nitrogen and oxygen atoms in total. The molecule has 1 amide bonds. The van der Waals surface area contributed by atoms with Crippen LogP contribution >= 0.6 is 11.6 Å². The predicted octanol–water partition coefficient (Wildman–Crippen LogP) is 3.70. The average Bonchev–Trinajstić information content (AvgIpc) is 3.14. The van der Waals surface area contributed by atoms with Crippen molar-refractivity contribution in [3.05, 3.63) is 46.7 Å². The lowest BCUT2D eigenvalue weighted by atomic mass is 9.87. The summed E-state index contributed by atoms with van der Waals surface area (Å²) < 4.78 is 10.8. The second-order valence-electron chi connectivity index (χ2n) is 6.85. The minimum absolute atomic E-state index is 0.0515. The van der Waals surface area contributed by atoms with Crippen molar-refractivity contribution in [2.75, 3.05) is 19.9 Å². The maximum atomic E-state index is 12.9. The fraction of sp³-hybridized carbons (Fsp3) is 0.400. The van der Waals surface area contributed by atoms with Gasteiger partial charge in [0, 0.05) is 43.3 Å². The molecule has 27 heavy (non-hydrogen) atoms. The van der Waals surface area contributed by atoms with E-state index in [1.54, 1.807) is 18.3 Å². The van der Waals surface area contributed by atoms with E-state index in [9.17, 15) is 9.90 Å². The summed E-state index contributed by atoms with van der Waals surface area (Å²) in [6.45, 7) is 1.67. The first-order valence-electron chi connectivity index (χ1n) is 9.14. The van der Waals surface area contributed by atoms with Crippen molar-refractivity contribution in [2.24, 2.45) is 0 Å². The van der Waals surface area contributed by atoms with E-state index in [4.69, 9.17) is 21.1 Å². The molecule has 2 aliphatic heterocycles. The fourth-order valence-electron chi connectivity index (χ4n) is 3.72. The molecular weight excluding hydrogens is 368 g/mol. The highest BCUT2D eigenvalue weighted by Crippen LogP contribution is 2.44. The highest BCUT2D eigenvalue weighted by Gasteiger charge is 2.29. The van der Waals surface area contributed by atoms with E-state index in [0.717, 1.165) is 32.4 Å². The van der Waals surface area contributed by atoms with E-state index in [0.29, 0.717) is 27.8 Å². The van der Waals surface area contributed by atoms with Crippen LogP contribution in [0, 0.1) is 0 Å². The number of hydrogen-bond acceptors (Lipinski definition) is 5. The van der Waals surface area contributed by atoms with Gasteiger partial charge in [0.05, 0.1) is 0 Å². The number of ether oxygens (including phenoxy) is 2. The van der Waals surface area contributed by atoms with Crippen molar-refractivity contribution in [2.45, 2.75) is 31.6 Å². The van der Waals surface area contributed by atoms with Crippen LogP contribution in [-0.2, 0) is 4.79 Å². The Balaban J connectivity index is 1.71. The molecule has 1 aromatic carbocycles. The molecule has 1 fully saturated rings. The van der Waals surface area contributed by atoms with Crippen LogP contribution in [0.2, 0.25) is 5.15 Å². The summed E-state index contributed by atoms with van der Waals surface area (Å²) in [5.74, 6) is 0.732. The molecule has 0 bridgehead atoms. The lowest BCUT2D eigenvalue weighted by Crippen LogP contribution is -2.36. The molecule has 0 aliphatic carbocycles. The molecule has 2 aliphatic rings. The normalized spacial score (nSPS) is 17.0. The Hall–Kier alpha value is -2.47. The SMILES string of the molecule is O=C(CC(c1cc2c(cc1O)OCO2)c1cccnc1Cl)N1CCCCC1. The molecule has 0 saturated carbocycles. The number of piperidine rings is 1. The predicted molar refractivity (Wildman–Crippen MR) is 100 cm³/mol. The molecule has 2 aromatic rings. The van der Waals surface area contributed by atoms with Crippen molar-refractivity contribution in [1.82, 2.24) is 9.88 Å². The van der Waals surface area contributed by atoms with E-state index >= 15 is 0 Å². The minimum Gasteiger partial charge on any atom is -0.508 e. The first-order valence-corrected chi connectivity index (χ1v) is 9.52. The number of likely N-dealkylation sites (tertiary alicyclic amines) is 1. The van der Waals surface area contributed by atoms with Gasteiger partial charge in [-0.15, -0.1) is 0 Å². The second-order valence-corrected chi connectivity index (χ2v) is 7.20. The molecule has 0 radical (unpaired) electrons. The molecule has 4 rings (SSSR count). The Morgan fingerprint density at radius 2 is 1.93 bits per heavy atom. The van der Waals surface area contributed by atoms with Gasteiger partial charge < -0.3 is 19.5 Å². The maximum Gasteiger partial charge on any atom is 0.231 e. The van der Waals surface area contributed by atoms with Crippen molar-refractivity contribution in [1.29, 1.82) is 0 Å². The van der Waals surface area contributed by atoms with Gasteiger partial charge in [0.2, 0.25) is 12.7 Å². The van der Waals surface area contributed by atoms with Crippen LogP contribution in [0.5, 0.6) is 17.2 Å². The number of nitrogens with zero attached hydrogens (tertiary/aromatic N) is 2. The third-order valence-corrected chi connectivity index (χ3v) is 5.46. The van der Waals surface area contributed by atoms with Gasteiger partial charge in [-0.25, -0.2) is 4.98 Å². The molecule has 1 aromatic heterocycles. The van der Waals surface area contributed by atoms with Crippen LogP contribution in [0.15, 0.2) is 30.5 Å². The zero-order chi connectivity index (χ0) is 18.8. The van der Waals surface area contributed by atoms with Gasteiger partial charge in [-0.1, -0.05) is 17.7 Å². The number of phenols is 1. The Bertz CT molecular complexity index is 852. The Morgan fingerprint density at radius 1 is 1.19 bits per heavy atom. The monoisotopic (exact) mass is 388 g/mol. The number of benzene rings is 1. The third kappa shape index (κ3) is 3.67. The Labute approximate surface area is 162 Å². The molecule has 7 heteroatoms. The smallest absolute Gasteiger partial charge is 0.231 e. The second kappa shape index (κ2) is 7.64. The number of aromatic hydroxyl groups is 1. The summed E-state index contributed by atoms with van der Waals surface area (Å²) in [6.07, 6.45) is 5.02. The summed E-state index contributed by atoms with van der Waals surface area (Å²) in [5.41, 5.74) is 1.29. The van der Waals surface area contributed by atoms with E-state index in [1.807, 2.05) is 11.0 Å². The molecule has 1 saturated heterocycles. The highest BCUT2D eigenvalue weighted by molar-refractivity contribution is 6.30. The van der Waals surface area contributed by atoms with Gasteiger partial charge in [0.15, 0.2) is 11.5 Å². The number of aromatic nitrogens is 1. The molecule has 0 spiro atoms. The quantitative estimate of drug-likeness (QED) is 0.808. The number of hydrogen-bond donors (Lipinski definition) is 1. The first kappa shape index (κ1) is 17.9. The van der Waals surface area contributed by atoms with Crippen molar-refractivity contribution >= 4 is 17.5 Å². The lowest BCUT2D eigenvalue weighted by Gasteiger charge is -2.29. The van der Waals surface area contributed by atoms with Gasteiger partial charge in [0.25, 0.3) is 0 Å². The number of fused-ring (bicyclic) bond motifs is 1. The van der Waals surface area contributed by atoms with E-state index in [1.165, 1.54) is 6.07 Å². The van der Waals surface area contributed by atoms with Gasteiger partial charge >= 0.3 is 0 Å². The van der Waals surface area contributed by atoms with Crippen LogP contribution in [0.4, 0.5) is 0 Å². The van der Waals surface area contributed by atoms with Crippen LogP contribution < -0.4 is 9.47 Å². The summed E-state index contributed by atoms with van der Waals surface area (Å²) in [5, 5.41) is 10.9. The molecule has 142 valence electrons. The van der Waals surface area contributed by atoms with Crippen molar-refractivity contribution < 1.29 is 19.4 Å². The summed E-state index contributed by atoms with van der Waals surface area (Å²) in [7, 11) is 0. The number of carbonyl (C=O) groups excluding carboxylic acids is 1. The highest BCUT2D eigenvalue weighted by atomic mass is 35.5. The van der Waals surface area contributed by atoms with Crippen LogP contribution in [0.1, 0.15) is 42.7 Å². The average molecular weight is 389 g/mol. The number of pyridine rings is 1. The molecule has 1 unspecified atom stereocenters. The molecule has 3 heterocycles. The summed E-state index contributed by atoms with van der Waals surface area (Å²) in [6, 6.07) is 6.88. The molecule has 1 atom stereocenters. The Morgan fingerprint density at radius 3 is 2.67 bits per heavy atom. The number of amides is 1. The van der Waals surface area contributed by atoms with E-state index in [-0.39, 0.29) is 24.9 Å². The van der Waals surface area contributed by atoms with Crippen LogP contribution in [0.3, 0.4) is 0 Å². The van der Waals surface area contributed by atoms with E-state index < -0.39 is 5.92 Å². The zero-order valence-electron chi connectivity index (χ0n) is 14.9. The van der Waals surface area contributed by atoms with Crippen molar-refractivity contribution in [3.63, 3.8) is 0 Å². The fourth-order valence-corrected chi connectivity index (χ4v) is 3.97.